The molecule has 4 aromatic rings. The number of nitriles is 1. The van der Waals surface area contributed by atoms with Gasteiger partial charge in [-0.1, -0.05) is 13.8 Å². The third kappa shape index (κ3) is 4.61. The second kappa shape index (κ2) is 9.39. The average Bonchev–Trinajstić information content (AvgIpc) is 3.34. The van der Waals surface area contributed by atoms with Crippen molar-refractivity contribution in [2.75, 3.05) is 30.4 Å². The Morgan fingerprint density at radius 3 is 2.62 bits per heavy atom. The lowest BCUT2D eigenvalue weighted by atomic mass is 9.79. The van der Waals surface area contributed by atoms with Crippen molar-refractivity contribution in [3.8, 4) is 23.1 Å². The van der Waals surface area contributed by atoms with E-state index < -0.39 is 5.91 Å². The SMILES string of the molecule is COc1ccc(-c2cc3ncc(C(N)=O)c(N[C@@H]4CCN(c5ccc(C#N)nn5)CC4(C)C)n3n2)cc1. The van der Waals surface area contributed by atoms with Gasteiger partial charge in [0.25, 0.3) is 5.91 Å². The number of ether oxygens (including phenoxy) is 1. The number of amides is 1. The van der Waals surface area contributed by atoms with E-state index in [1.807, 2.05) is 42.5 Å². The summed E-state index contributed by atoms with van der Waals surface area (Å²) in [4.78, 5) is 18.9. The molecule has 0 aliphatic carbocycles. The summed E-state index contributed by atoms with van der Waals surface area (Å²) in [6.07, 6.45) is 2.26. The number of anilines is 2. The summed E-state index contributed by atoms with van der Waals surface area (Å²) < 4.78 is 6.90. The van der Waals surface area contributed by atoms with E-state index in [1.54, 1.807) is 17.7 Å². The highest BCUT2D eigenvalue weighted by Crippen LogP contribution is 2.34. The maximum atomic E-state index is 12.3. The number of carbonyl (C=O) groups excluding carboxylic acids is 1. The third-order valence-corrected chi connectivity index (χ3v) is 6.76. The van der Waals surface area contributed by atoms with Crippen LogP contribution < -0.4 is 20.7 Å². The van der Waals surface area contributed by atoms with Gasteiger partial charge in [-0.25, -0.2) is 4.98 Å². The van der Waals surface area contributed by atoms with Crippen molar-refractivity contribution in [3.63, 3.8) is 0 Å². The van der Waals surface area contributed by atoms with Gasteiger partial charge in [-0.2, -0.15) is 14.9 Å². The van der Waals surface area contributed by atoms with Crippen molar-refractivity contribution < 1.29 is 9.53 Å². The Balaban J connectivity index is 1.45. The fraction of sp³-hybridized carbons (Fsp3) is 0.308. The number of nitrogens with zero attached hydrogens (tertiary/aromatic N) is 7. The van der Waals surface area contributed by atoms with E-state index in [1.165, 1.54) is 6.20 Å². The second-order valence-corrected chi connectivity index (χ2v) is 9.70. The number of piperidine rings is 1. The first-order valence-corrected chi connectivity index (χ1v) is 11.9. The standard InChI is InChI=1S/C26H27N9O2/c1-26(2)15-34(22-9-6-17(13-27)31-32-22)11-10-21(26)30-25-19(24(28)36)14-29-23-12-20(33-35(23)25)16-4-7-18(37-3)8-5-16/h4-9,12,14,21,30H,10-11,15H2,1-3H3,(H2,28,36)/t21-/m1/s1. The molecule has 5 rings (SSSR count). The fourth-order valence-corrected chi connectivity index (χ4v) is 4.69. The number of methoxy groups -OCH3 is 1. The highest BCUT2D eigenvalue weighted by atomic mass is 16.5. The summed E-state index contributed by atoms with van der Waals surface area (Å²) in [5, 5.41) is 25.5. The molecule has 11 nitrogen and oxygen atoms in total. The van der Waals surface area contributed by atoms with E-state index in [-0.39, 0.29) is 22.7 Å². The number of hydrogen-bond donors (Lipinski definition) is 2. The quantitative estimate of drug-likeness (QED) is 0.410. The smallest absolute Gasteiger partial charge is 0.254 e. The predicted molar refractivity (Wildman–Crippen MR) is 138 cm³/mol. The van der Waals surface area contributed by atoms with Crippen LogP contribution in [0.15, 0.2) is 48.7 Å². The largest absolute Gasteiger partial charge is 0.497 e. The van der Waals surface area contributed by atoms with E-state index in [0.29, 0.717) is 23.7 Å². The van der Waals surface area contributed by atoms with Crippen LogP contribution in [-0.2, 0) is 0 Å². The first-order chi connectivity index (χ1) is 17.8. The lowest BCUT2D eigenvalue weighted by Crippen LogP contribution is -2.52. The molecule has 0 bridgehead atoms. The zero-order valence-electron chi connectivity index (χ0n) is 20.8. The van der Waals surface area contributed by atoms with Crippen LogP contribution >= 0.6 is 0 Å². The highest BCUT2D eigenvalue weighted by Gasteiger charge is 2.37. The maximum absolute atomic E-state index is 12.3. The first kappa shape index (κ1) is 24.0. The second-order valence-electron chi connectivity index (χ2n) is 9.70. The molecule has 1 aliphatic heterocycles. The van der Waals surface area contributed by atoms with Crippen LogP contribution in [0.4, 0.5) is 11.6 Å². The molecule has 1 aliphatic rings. The molecule has 188 valence electrons. The Bertz CT molecular complexity index is 1490. The summed E-state index contributed by atoms with van der Waals surface area (Å²) in [5.74, 6) is 1.42. The number of primary amides is 1. The molecule has 37 heavy (non-hydrogen) atoms. The summed E-state index contributed by atoms with van der Waals surface area (Å²) >= 11 is 0. The molecule has 4 heterocycles. The zero-order chi connectivity index (χ0) is 26.2. The Morgan fingerprint density at radius 1 is 1.22 bits per heavy atom. The van der Waals surface area contributed by atoms with E-state index >= 15 is 0 Å². The van der Waals surface area contributed by atoms with Gasteiger partial charge >= 0.3 is 0 Å². The fourth-order valence-electron chi connectivity index (χ4n) is 4.69. The van der Waals surface area contributed by atoms with Crippen molar-refractivity contribution in [2.24, 2.45) is 11.1 Å². The number of benzene rings is 1. The van der Waals surface area contributed by atoms with Gasteiger partial charge in [-0.05, 0) is 42.8 Å². The van der Waals surface area contributed by atoms with Gasteiger partial charge < -0.3 is 20.7 Å². The van der Waals surface area contributed by atoms with Crippen LogP contribution in [0.25, 0.3) is 16.9 Å². The Kier molecular flexibility index (Phi) is 6.09. The van der Waals surface area contributed by atoms with Gasteiger partial charge in [-0.3, -0.25) is 4.79 Å². The van der Waals surface area contributed by atoms with Crippen LogP contribution in [0.2, 0.25) is 0 Å². The number of hydrogen-bond acceptors (Lipinski definition) is 9. The van der Waals surface area contributed by atoms with E-state index in [4.69, 9.17) is 20.8 Å². The predicted octanol–water partition coefficient (Wildman–Crippen LogP) is 2.88. The van der Waals surface area contributed by atoms with Crippen molar-refractivity contribution in [2.45, 2.75) is 26.3 Å². The van der Waals surface area contributed by atoms with Gasteiger partial charge in [0.2, 0.25) is 0 Å². The van der Waals surface area contributed by atoms with Gasteiger partial charge in [-0.15, -0.1) is 10.2 Å². The first-order valence-electron chi connectivity index (χ1n) is 11.9. The van der Waals surface area contributed by atoms with E-state index in [2.05, 4.69) is 39.2 Å². The van der Waals surface area contributed by atoms with Gasteiger partial charge in [0, 0.05) is 42.4 Å². The normalized spacial score (nSPS) is 16.8. The molecule has 1 aromatic carbocycles. The summed E-state index contributed by atoms with van der Waals surface area (Å²) in [5.41, 5.74) is 8.28. The minimum Gasteiger partial charge on any atom is -0.497 e. The Morgan fingerprint density at radius 2 is 2.00 bits per heavy atom. The summed E-state index contributed by atoms with van der Waals surface area (Å²) in [6.45, 7) is 5.73. The van der Waals surface area contributed by atoms with Crippen LogP contribution in [0.1, 0.15) is 36.3 Å². The Labute approximate surface area is 213 Å². The number of rotatable bonds is 6. The Hall–Kier alpha value is -4.72. The number of nitrogens with two attached hydrogens (primary N) is 1. The van der Waals surface area contributed by atoms with E-state index in [9.17, 15) is 4.79 Å². The van der Waals surface area contributed by atoms with Crippen LogP contribution in [0.5, 0.6) is 5.75 Å². The number of aromatic nitrogens is 5. The minimum absolute atomic E-state index is 0.00688. The molecule has 0 saturated carbocycles. The summed E-state index contributed by atoms with van der Waals surface area (Å²) in [7, 11) is 1.62. The zero-order valence-corrected chi connectivity index (χ0v) is 20.8. The van der Waals surface area contributed by atoms with Crippen molar-refractivity contribution in [3.05, 3.63) is 59.9 Å². The lowest BCUT2D eigenvalue weighted by Gasteiger charge is -2.45. The number of nitrogens with one attached hydrogen (secondary N) is 1. The molecular formula is C26H27N9O2. The molecule has 3 N–H and O–H groups in total. The molecule has 1 fully saturated rings. The number of fused-ring (bicyclic) bond motifs is 1. The van der Waals surface area contributed by atoms with Crippen LogP contribution in [-0.4, -0.2) is 56.9 Å². The maximum Gasteiger partial charge on any atom is 0.254 e. The minimum atomic E-state index is -0.582. The summed E-state index contributed by atoms with van der Waals surface area (Å²) in [6, 6.07) is 14.9. The highest BCUT2D eigenvalue weighted by molar-refractivity contribution is 5.97. The topological polar surface area (TPSA) is 147 Å². The molecule has 0 spiro atoms. The molecule has 11 heteroatoms. The third-order valence-electron chi connectivity index (χ3n) is 6.76. The molecule has 1 atom stereocenters. The van der Waals surface area contributed by atoms with Gasteiger partial charge in [0.1, 0.15) is 17.6 Å². The monoisotopic (exact) mass is 497 g/mol. The van der Waals surface area contributed by atoms with E-state index in [0.717, 1.165) is 30.1 Å². The van der Waals surface area contributed by atoms with Crippen molar-refractivity contribution in [1.29, 1.82) is 5.26 Å². The van der Waals surface area contributed by atoms with Gasteiger partial charge in [0.05, 0.1) is 18.4 Å². The molecule has 0 unspecified atom stereocenters. The molecule has 1 saturated heterocycles. The van der Waals surface area contributed by atoms with Crippen molar-refractivity contribution >= 4 is 23.2 Å². The molecule has 0 radical (unpaired) electrons. The lowest BCUT2D eigenvalue weighted by molar-refractivity contribution is 0.1000. The molecule has 1 amide bonds. The molecule has 3 aromatic heterocycles. The van der Waals surface area contributed by atoms with Crippen LogP contribution in [0.3, 0.4) is 0 Å². The molecular weight excluding hydrogens is 470 g/mol. The van der Waals surface area contributed by atoms with Crippen molar-refractivity contribution in [1.82, 2.24) is 24.8 Å². The average molecular weight is 498 g/mol. The number of carbonyl (C=O) groups is 1. The van der Waals surface area contributed by atoms with Gasteiger partial charge in [0.15, 0.2) is 17.2 Å². The van der Waals surface area contributed by atoms with Crippen LogP contribution in [0, 0.1) is 16.7 Å².